The van der Waals surface area contributed by atoms with Crippen LogP contribution in [-0.4, -0.2) is 30.9 Å². The fraction of sp³-hybridized carbons (Fsp3) is 0.500. The first kappa shape index (κ1) is 13.4. The van der Waals surface area contributed by atoms with Crippen molar-refractivity contribution in [1.82, 2.24) is 4.98 Å². The molecule has 1 aromatic heterocycles. The highest BCUT2D eigenvalue weighted by Gasteiger charge is 2.13. The van der Waals surface area contributed by atoms with Crippen molar-refractivity contribution < 1.29 is 8.42 Å². The first-order chi connectivity index (χ1) is 7.43. The molecule has 0 amide bonds. The molecule has 0 aliphatic carbocycles. The highest BCUT2D eigenvalue weighted by atomic mass is 79.9. The smallest absolute Gasteiger partial charge is 0.152 e. The van der Waals surface area contributed by atoms with Crippen molar-refractivity contribution in [3.8, 4) is 0 Å². The lowest BCUT2D eigenvalue weighted by Crippen LogP contribution is -2.26. The Morgan fingerprint density at radius 3 is 2.69 bits per heavy atom. The molecular formula is C10H15BrN2O2S. The van der Waals surface area contributed by atoms with Crippen LogP contribution in [0.2, 0.25) is 0 Å². The normalized spacial score (nSPS) is 13.4. The van der Waals surface area contributed by atoms with Crippen molar-refractivity contribution in [1.29, 1.82) is 0 Å². The summed E-state index contributed by atoms with van der Waals surface area (Å²) in [5, 5.41) is 3.10. The van der Waals surface area contributed by atoms with E-state index in [9.17, 15) is 8.42 Å². The fourth-order valence-corrected chi connectivity index (χ4v) is 2.60. The standard InChI is InChI=1S/C10H15BrN2O2S/c1-3-16(14,15)7-8(2)13-9-4-5-10(11)12-6-9/h4-6,8,13H,3,7H2,1-2H3. The molecule has 0 bridgehead atoms. The maximum absolute atomic E-state index is 11.4. The average molecular weight is 307 g/mol. The Morgan fingerprint density at radius 2 is 2.19 bits per heavy atom. The number of pyridine rings is 1. The highest BCUT2D eigenvalue weighted by molar-refractivity contribution is 9.10. The number of nitrogens with one attached hydrogen (secondary N) is 1. The molecule has 90 valence electrons. The molecule has 1 heterocycles. The molecule has 4 nitrogen and oxygen atoms in total. The van der Waals surface area contributed by atoms with E-state index in [-0.39, 0.29) is 17.5 Å². The fourth-order valence-electron chi connectivity index (χ4n) is 1.29. The Hall–Kier alpha value is -0.620. The molecule has 16 heavy (non-hydrogen) atoms. The van der Waals surface area contributed by atoms with Crippen LogP contribution in [0, 0.1) is 0 Å². The quantitative estimate of drug-likeness (QED) is 0.846. The van der Waals surface area contributed by atoms with Gasteiger partial charge in [-0.25, -0.2) is 13.4 Å². The summed E-state index contributed by atoms with van der Waals surface area (Å²) in [7, 11) is -2.94. The monoisotopic (exact) mass is 306 g/mol. The van der Waals surface area contributed by atoms with Crippen molar-refractivity contribution >= 4 is 31.5 Å². The van der Waals surface area contributed by atoms with Gasteiger partial charge in [0.1, 0.15) is 4.60 Å². The molecule has 6 heteroatoms. The maximum atomic E-state index is 11.4. The Morgan fingerprint density at radius 1 is 1.50 bits per heavy atom. The van der Waals surface area contributed by atoms with E-state index in [0.717, 1.165) is 10.3 Å². The zero-order chi connectivity index (χ0) is 12.2. The van der Waals surface area contributed by atoms with Gasteiger partial charge in [0.25, 0.3) is 0 Å². The lowest BCUT2D eigenvalue weighted by atomic mass is 10.3. The molecule has 1 aromatic rings. The zero-order valence-electron chi connectivity index (χ0n) is 9.27. The minimum Gasteiger partial charge on any atom is -0.380 e. The van der Waals surface area contributed by atoms with Crippen molar-refractivity contribution in [2.45, 2.75) is 19.9 Å². The van der Waals surface area contributed by atoms with Gasteiger partial charge >= 0.3 is 0 Å². The van der Waals surface area contributed by atoms with E-state index >= 15 is 0 Å². The van der Waals surface area contributed by atoms with E-state index in [1.54, 1.807) is 13.1 Å². The van der Waals surface area contributed by atoms with Crippen LogP contribution in [-0.2, 0) is 9.84 Å². The van der Waals surface area contributed by atoms with Gasteiger partial charge in [-0.2, -0.15) is 0 Å². The SMILES string of the molecule is CCS(=O)(=O)CC(C)Nc1ccc(Br)nc1. The van der Waals surface area contributed by atoms with Crippen molar-refractivity contribution in [2.75, 3.05) is 16.8 Å². The van der Waals surface area contributed by atoms with Gasteiger partial charge < -0.3 is 5.32 Å². The summed E-state index contributed by atoms with van der Waals surface area (Å²) in [5.74, 6) is 0.317. The summed E-state index contributed by atoms with van der Waals surface area (Å²) >= 11 is 3.24. The van der Waals surface area contributed by atoms with Gasteiger partial charge in [0, 0.05) is 11.8 Å². The number of anilines is 1. The molecule has 0 radical (unpaired) electrons. The molecule has 1 rings (SSSR count). The molecule has 1 unspecified atom stereocenters. The van der Waals surface area contributed by atoms with Gasteiger partial charge in [-0.15, -0.1) is 0 Å². The second-order valence-electron chi connectivity index (χ2n) is 3.61. The molecule has 0 fully saturated rings. The van der Waals surface area contributed by atoms with Crippen LogP contribution < -0.4 is 5.32 Å². The highest BCUT2D eigenvalue weighted by Crippen LogP contribution is 2.12. The van der Waals surface area contributed by atoms with Crippen molar-refractivity contribution in [3.05, 3.63) is 22.9 Å². The summed E-state index contributed by atoms with van der Waals surface area (Å²) in [6.07, 6.45) is 1.67. The largest absolute Gasteiger partial charge is 0.380 e. The Labute approximate surface area is 105 Å². The van der Waals surface area contributed by atoms with Crippen LogP contribution in [0.25, 0.3) is 0 Å². The number of aromatic nitrogens is 1. The van der Waals surface area contributed by atoms with Crippen molar-refractivity contribution in [3.63, 3.8) is 0 Å². The van der Waals surface area contributed by atoms with E-state index in [4.69, 9.17) is 0 Å². The first-order valence-corrected chi connectivity index (χ1v) is 7.63. The Kier molecular flexibility index (Phi) is 4.73. The van der Waals surface area contributed by atoms with E-state index < -0.39 is 9.84 Å². The molecule has 1 N–H and O–H groups in total. The van der Waals surface area contributed by atoms with Crippen LogP contribution in [0.4, 0.5) is 5.69 Å². The van der Waals surface area contributed by atoms with Gasteiger partial charge in [0.05, 0.1) is 17.6 Å². The predicted octanol–water partition coefficient (Wildman–Crippen LogP) is 2.08. The molecule has 0 aliphatic rings. The Balaban J connectivity index is 2.58. The van der Waals surface area contributed by atoms with Crippen LogP contribution in [0.1, 0.15) is 13.8 Å². The van der Waals surface area contributed by atoms with E-state index in [1.807, 2.05) is 19.1 Å². The minimum atomic E-state index is -2.94. The maximum Gasteiger partial charge on any atom is 0.152 e. The van der Waals surface area contributed by atoms with Crippen LogP contribution in [0.3, 0.4) is 0 Å². The lowest BCUT2D eigenvalue weighted by molar-refractivity contribution is 0.593. The predicted molar refractivity (Wildman–Crippen MR) is 69.3 cm³/mol. The molecular weight excluding hydrogens is 292 g/mol. The third kappa shape index (κ3) is 4.49. The van der Waals surface area contributed by atoms with Crippen LogP contribution in [0.5, 0.6) is 0 Å². The molecule has 0 spiro atoms. The average Bonchev–Trinajstić information content (AvgIpc) is 2.21. The van der Waals surface area contributed by atoms with Gasteiger partial charge in [-0.05, 0) is 35.0 Å². The second kappa shape index (κ2) is 5.63. The number of rotatable bonds is 5. The van der Waals surface area contributed by atoms with E-state index in [2.05, 4.69) is 26.2 Å². The number of hydrogen-bond acceptors (Lipinski definition) is 4. The number of halogens is 1. The Bertz CT molecular complexity index is 431. The summed E-state index contributed by atoms with van der Waals surface area (Å²) in [4.78, 5) is 4.05. The van der Waals surface area contributed by atoms with E-state index in [1.165, 1.54) is 0 Å². The molecule has 0 saturated carbocycles. The van der Waals surface area contributed by atoms with Crippen LogP contribution >= 0.6 is 15.9 Å². The second-order valence-corrected chi connectivity index (χ2v) is 6.82. The van der Waals surface area contributed by atoms with Gasteiger partial charge in [0.15, 0.2) is 9.84 Å². The summed E-state index contributed by atoms with van der Waals surface area (Å²) in [6, 6.07) is 3.54. The van der Waals surface area contributed by atoms with Crippen molar-refractivity contribution in [2.24, 2.45) is 0 Å². The van der Waals surface area contributed by atoms with Gasteiger partial charge in [-0.3, -0.25) is 0 Å². The summed E-state index contributed by atoms with van der Waals surface area (Å²) in [6.45, 7) is 3.50. The third-order valence-corrected chi connectivity index (χ3v) is 4.44. The number of hydrogen-bond donors (Lipinski definition) is 1. The first-order valence-electron chi connectivity index (χ1n) is 5.01. The van der Waals surface area contributed by atoms with E-state index in [0.29, 0.717) is 0 Å². The lowest BCUT2D eigenvalue weighted by Gasteiger charge is -2.14. The topological polar surface area (TPSA) is 59.1 Å². The summed E-state index contributed by atoms with van der Waals surface area (Å²) < 4.78 is 23.5. The zero-order valence-corrected chi connectivity index (χ0v) is 11.7. The minimum absolute atomic E-state index is 0.118. The number of sulfone groups is 1. The molecule has 0 saturated heterocycles. The van der Waals surface area contributed by atoms with Gasteiger partial charge in [-0.1, -0.05) is 6.92 Å². The van der Waals surface area contributed by atoms with Crippen LogP contribution in [0.15, 0.2) is 22.9 Å². The van der Waals surface area contributed by atoms with Gasteiger partial charge in [0.2, 0.25) is 0 Å². The number of nitrogens with zero attached hydrogens (tertiary/aromatic N) is 1. The third-order valence-electron chi connectivity index (χ3n) is 2.08. The summed E-state index contributed by atoms with van der Waals surface area (Å²) in [5.41, 5.74) is 0.821. The molecule has 0 aliphatic heterocycles. The molecule has 1 atom stereocenters. The molecule has 0 aromatic carbocycles.